The van der Waals surface area contributed by atoms with E-state index in [9.17, 15) is 9.90 Å². The Bertz CT molecular complexity index is 1340. The summed E-state index contributed by atoms with van der Waals surface area (Å²) in [4.78, 5) is 26.0. The second-order valence-corrected chi connectivity index (χ2v) is 8.17. The summed E-state index contributed by atoms with van der Waals surface area (Å²) in [6, 6.07) is 16.5. The molecule has 0 saturated carbocycles. The van der Waals surface area contributed by atoms with Crippen LogP contribution in [-0.2, 0) is 4.74 Å². The second-order valence-electron chi connectivity index (χ2n) is 8.17. The molecule has 0 unspecified atom stereocenters. The number of esters is 1. The van der Waals surface area contributed by atoms with Gasteiger partial charge in [0.2, 0.25) is 0 Å². The van der Waals surface area contributed by atoms with Crippen molar-refractivity contribution >= 4 is 5.97 Å². The van der Waals surface area contributed by atoms with Crippen LogP contribution in [0, 0.1) is 27.7 Å². The monoisotopic (exact) mass is 439 g/mol. The Morgan fingerprint density at radius 2 is 1.36 bits per heavy atom. The van der Waals surface area contributed by atoms with Crippen molar-refractivity contribution in [2.24, 2.45) is 0 Å². The first-order valence-electron chi connectivity index (χ1n) is 10.6. The van der Waals surface area contributed by atoms with Crippen LogP contribution in [0.15, 0.2) is 54.6 Å². The number of carbonyl (C=O) groups is 1. The van der Waals surface area contributed by atoms with Gasteiger partial charge < -0.3 is 9.84 Å². The fraction of sp³-hybridized carbons (Fsp3) is 0.185. The van der Waals surface area contributed by atoms with Gasteiger partial charge in [-0.1, -0.05) is 35.9 Å². The second kappa shape index (κ2) is 8.82. The maximum atomic E-state index is 11.8. The third kappa shape index (κ3) is 4.46. The standard InChI is InChI=1S/C27H25N3O3/c1-15-6-11-21(22(31)14-15)25-28-24(19-7-9-20(10-8-19)27(32)33-5)29-26(30-25)23-17(3)12-16(2)13-18(23)4/h6-14,31H,1-5H3. The summed E-state index contributed by atoms with van der Waals surface area (Å²) < 4.78 is 4.79. The summed E-state index contributed by atoms with van der Waals surface area (Å²) in [6.07, 6.45) is 0. The number of methoxy groups -OCH3 is 1. The maximum Gasteiger partial charge on any atom is 0.337 e. The molecule has 166 valence electrons. The highest BCUT2D eigenvalue weighted by atomic mass is 16.5. The summed E-state index contributed by atoms with van der Waals surface area (Å²) in [5.41, 5.74) is 6.85. The largest absolute Gasteiger partial charge is 0.507 e. The van der Waals surface area contributed by atoms with Crippen molar-refractivity contribution in [3.05, 3.63) is 82.4 Å². The molecule has 0 radical (unpaired) electrons. The molecule has 0 spiro atoms. The van der Waals surface area contributed by atoms with Crippen molar-refractivity contribution in [1.29, 1.82) is 0 Å². The first-order valence-corrected chi connectivity index (χ1v) is 10.6. The Morgan fingerprint density at radius 1 is 0.758 bits per heavy atom. The van der Waals surface area contributed by atoms with E-state index >= 15 is 0 Å². The highest BCUT2D eigenvalue weighted by Gasteiger charge is 2.17. The number of aryl methyl sites for hydroxylation is 4. The molecule has 1 aromatic heterocycles. The van der Waals surface area contributed by atoms with Crippen LogP contribution in [0.5, 0.6) is 5.75 Å². The fourth-order valence-corrected chi connectivity index (χ4v) is 3.97. The van der Waals surface area contributed by atoms with Crippen LogP contribution in [-0.4, -0.2) is 33.1 Å². The number of phenols is 1. The number of phenolic OH excluding ortho intramolecular Hbond substituents is 1. The van der Waals surface area contributed by atoms with Gasteiger partial charge in [-0.05, 0) is 68.7 Å². The molecule has 4 aromatic rings. The number of aromatic hydroxyl groups is 1. The molecule has 0 aliphatic carbocycles. The van der Waals surface area contributed by atoms with Gasteiger partial charge in [-0.2, -0.15) is 0 Å². The Labute approximate surface area is 193 Å². The summed E-state index contributed by atoms with van der Waals surface area (Å²) >= 11 is 0. The highest BCUT2D eigenvalue weighted by Crippen LogP contribution is 2.32. The lowest BCUT2D eigenvalue weighted by atomic mass is 9.99. The third-order valence-corrected chi connectivity index (χ3v) is 5.49. The minimum Gasteiger partial charge on any atom is -0.507 e. The summed E-state index contributed by atoms with van der Waals surface area (Å²) in [5.74, 6) is 1.06. The average Bonchev–Trinajstić information content (AvgIpc) is 2.78. The number of rotatable bonds is 4. The molecule has 0 aliphatic heterocycles. The molecule has 1 N–H and O–H groups in total. The molecule has 0 bridgehead atoms. The zero-order chi connectivity index (χ0) is 23.7. The van der Waals surface area contributed by atoms with E-state index in [1.165, 1.54) is 7.11 Å². The van der Waals surface area contributed by atoms with Gasteiger partial charge >= 0.3 is 5.97 Å². The SMILES string of the molecule is COC(=O)c1ccc(-c2nc(-c3ccc(C)cc3O)nc(-c3c(C)cc(C)cc3C)n2)cc1. The zero-order valence-corrected chi connectivity index (χ0v) is 19.3. The van der Waals surface area contributed by atoms with Crippen molar-refractivity contribution in [3.8, 4) is 39.9 Å². The van der Waals surface area contributed by atoms with Gasteiger partial charge in [0.25, 0.3) is 0 Å². The summed E-state index contributed by atoms with van der Waals surface area (Å²) in [7, 11) is 1.35. The van der Waals surface area contributed by atoms with Gasteiger partial charge in [-0.3, -0.25) is 0 Å². The van der Waals surface area contributed by atoms with Crippen LogP contribution < -0.4 is 0 Å². The summed E-state index contributed by atoms with van der Waals surface area (Å²) in [6.45, 7) is 8.04. The number of nitrogens with zero attached hydrogens (tertiary/aromatic N) is 3. The predicted octanol–water partition coefficient (Wildman–Crippen LogP) is 5.60. The van der Waals surface area contributed by atoms with Crippen LogP contribution >= 0.6 is 0 Å². The zero-order valence-electron chi connectivity index (χ0n) is 19.3. The van der Waals surface area contributed by atoms with Crippen molar-refractivity contribution in [1.82, 2.24) is 15.0 Å². The quantitative estimate of drug-likeness (QED) is 0.417. The van der Waals surface area contributed by atoms with E-state index in [0.29, 0.717) is 28.6 Å². The van der Waals surface area contributed by atoms with E-state index in [0.717, 1.165) is 33.4 Å². The van der Waals surface area contributed by atoms with Crippen LogP contribution in [0.1, 0.15) is 32.6 Å². The summed E-state index contributed by atoms with van der Waals surface area (Å²) in [5, 5.41) is 10.6. The molecule has 6 heteroatoms. The van der Waals surface area contributed by atoms with Gasteiger partial charge in [0.05, 0.1) is 18.2 Å². The molecule has 33 heavy (non-hydrogen) atoms. The number of ether oxygens (including phenoxy) is 1. The minimum absolute atomic E-state index is 0.108. The molecule has 6 nitrogen and oxygen atoms in total. The predicted molar refractivity (Wildman–Crippen MR) is 128 cm³/mol. The maximum absolute atomic E-state index is 11.8. The van der Waals surface area contributed by atoms with Crippen molar-refractivity contribution < 1.29 is 14.6 Å². The lowest BCUT2D eigenvalue weighted by Crippen LogP contribution is -2.03. The number of benzene rings is 3. The molecule has 0 fully saturated rings. The molecule has 0 saturated heterocycles. The topological polar surface area (TPSA) is 85.2 Å². The van der Waals surface area contributed by atoms with E-state index in [1.54, 1.807) is 30.3 Å². The Balaban J connectivity index is 1.94. The normalized spacial score (nSPS) is 10.8. The Morgan fingerprint density at radius 3 is 1.97 bits per heavy atom. The molecule has 0 aliphatic rings. The van der Waals surface area contributed by atoms with E-state index in [4.69, 9.17) is 14.7 Å². The van der Waals surface area contributed by atoms with Crippen LogP contribution in [0.25, 0.3) is 34.2 Å². The molecule has 1 heterocycles. The van der Waals surface area contributed by atoms with Crippen molar-refractivity contribution in [2.75, 3.05) is 7.11 Å². The van der Waals surface area contributed by atoms with Crippen LogP contribution in [0.3, 0.4) is 0 Å². The smallest absolute Gasteiger partial charge is 0.337 e. The Kier molecular flexibility index (Phi) is 5.92. The lowest BCUT2D eigenvalue weighted by molar-refractivity contribution is 0.0600. The first kappa shape index (κ1) is 22.1. The molecule has 0 atom stereocenters. The van der Waals surface area contributed by atoms with E-state index in [-0.39, 0.29) is 5.75 Å². The number of aromatic nitrogens is 3. The van der Waals surface area contributed by atoms with Crippen LogP contribution in [0.2, 0.25) is 0 Å². The molecular weight excluding hydrogens is 414 g/mol. The van der Waals surface area contributed by atoms with Gasteiger partial charge in [-0.15, -0.1) is 0 Å². The molecule has 0 amide bonds. The number of hydrogen-bond acceptors (Lipinski definition) is 6. The lowest BCUT2D eigenvalue weighted by Gasteiger charge is -2.13. The van der Waals surface area contributed by atoms with Gasteiger partial charge in [-0.25, -0.2) is 19.7 Å². The van der Waals surface area contributed by atoms with Crippen LogP contribution in [0.4, 0.5) is 0 Å². The Hall–Kier alpha value is -4.06. The van der Waals surface area contributed by atoms with Gasteiger partial charge in [0, 0.05) is 11.1 Å². The molecule has 3 aromatic carbocycles. The van der Waals surface area contributed by atoms with Gasteiger partial charge in [0.1, 0.15) is 5.75 Å². The highest BCUT2D eigenvalue weighted by molar-refractivity contribution is 5.89. The fourth-order valence-electron chi connectivity index (χ4n) is 3.97. The van der Waals surface area contributed by atoms with E-state index < -0.39 is 5.97 Å². The van der Waals surface area contributed by atoms with Gasteiger partial charge in [0.15, 0.2) is 17.5 Å². The van der Waals surface area contributed by atoms with Crippen molar-refractivity contribution in [2.45, 2.75) is 27.7 Å². The van der Waals surface area contributed by atoms with E-state index in [2.05, 4.69) is 24.0 Å². The van der Waals surface area contributed by atoms with Crippen molar-refractivity contribution in [3.63, 3.8) is 0 Å². The number of hydrogen-bond donors (Lipinski definition) is 1. The molecule has 4 rings (SSSR count). The third-order valence-electron chi connectivity index (χ3n) is 5.49. The minimum atomic E-state index is -0.408. The van der Waals surface area contributed by atoms with E-state index in [1.807, 2.05) is 32.9 Å². The average molecular weight is 440 g/mol. The number of carbonyl (C=O) groups excluding carboxylic acids is 1. The first-order chi connectivity index (χ1) is 15.8. The molecular formula is C27H25N3O3.